The Hall–Kier alpha value is -3.04. The van der Waals surface area contributed by atoms with E-state index >= 15 is 0 Å². The van der Waals surface area contributed by atoms with Crippen LogP contribution in [0.15, 0.2) is 48.8 Å². The lowest BCUT2D eigenvalue weighted by Crippen LogP contribution is -2.42. The zero-order chi connectivity index (χ0) is 17.6. The largest absolute Gasteiger partial charge is 0.284 e. The Morgan fingerprint density at radius 3 is 2.24 bits per heavy atom. The van der Waals surface area contributed by atoms with E-state index in [-0.39, 0.29) is 18.5 Å². The molecule has 0 aliphatic carbocycles. The molecule has 0 N–H and O–H groups in total. The molecule has 1 aromatic carbocycles. The van der Waals surface area contributed by atoms with Gasteiger partial charge < -0.3 is 0 Å². The van der Waals surface area contributed by atoms with Crippen LogP contribution in [-0.4, -0.2) is 46.4 Å². The summed E-state index contributed by atoms with van der Waals surface area (Å²) in [5, 5.41) is 8.87. The standard InChI is InChI=1S/C19H18N4O2/c20-9-3-12-22(13-8-15-6-10-21-11-7-15)14-23-18(24)16-4-1-2-5-17(16)19(23)25/h1-2,4-7,10-11H,3,8,12-14H2. The number of fused-ring (bicyclic) bond motifs is 1. The summed E-state index contributed by atoms with van der Waals surface area (Å²) in [5.41, 5.74) is 2.02. The van der Waals surface area contributed by atoms with Gasteiger partial charge in [0.1, 0.15) is 0 Å². The molecule has 0 unspecified atom stereocenters. The molecule has 3 rings (SSSR count). The van der Waals surface area contributed by atoms with E-state index in [9.17, 15) is 9.59 Å². The summed E-state index contributed by atoms with van der Waals surface area (Å²) in [6.07, 6.45) is 4.58. The molecule has 0 atom stereocenters. The summed E-state index contributed by atoms with van der Waals surface area (Å²) < 4.78 is 0. The summed E-state index contributed by atoms with van der Waals surface area (Å²) in [4.78, 5) is 32.2. The summed E-state index contributed by atoms with van der Waals surface area (Å²) >= 11 is 0. The first kappa shape index (κ1) is 16.8. The average molecular weight is 334 g/mol. The molecular weight excluding hydrogens is 316 g/mol. The number of carbonyl (C=O) groups is 2. The molecule has 0 spiro atoms. The SMILES string of the molecule is N#CCCN(CCc1ccncc1)CN1C(=O)c2ccccc2C1=O. The molecule has 25 heavy (non-hydrogen) atoms. The maximum absolute atomic E-state index is 12.5. The van der Waals surface area contributed by atoms with E-state index in [4.69, 9.17) is 5.26 Å². The quantitative estimate of drug-likeness (QED) is 0.725. The number of pyridine rings is 1. The predicted molar refractivity (Wildman–Crippen MR) is 91.6 cm³/mol. The fraction of sp³-hybridized carbons (Fsp3) is 0.263. The molecule has 0 bridgehead atoms. The van der Waals surface area contributed by atoms with Crippen molar-refractivity contribution in [3.05, 3.63) is 65.5 Å². The summed E-state index contributed by atoms with van der Waals surface area (Å²) in [6, 6.07) is 12.8. The average Bonchev–Trinajstić information content (AvgIpc) is 2.90. The van der Waals surface area contributed by atoms with E-state index in [1.54, 1.807) is 36.7 Å². The van der Waals surface area contributed by atoms with Crippen molar-refractivity contribution < 1.29 is 9.59 Å². The molecule has 126 valence electrons. The lowest BCUT2D eigenvalue weighted by atomic mass is 10.1. The molecule has 6 heteroatoms. The minimum atomic E-state index is -0.272. The second kappa shape index (κ2) is 7.69. The lowest BCUT2D eigenvalue weighted by molar-refractivity contribution is 0.0544. The van der Waals surface area contributed by atoms with Crippen molar-refractivity contribution in [2.75, 3.05) is 19.8 Å². The van der Waals surface area contributed by atoms with Crippen LogP contribution in [0.2, 0.25) is 0 Å². The Bertz CT molecular complexity index is 779. The highest BCUT2D eigenvalue weighted by atomic mass is 16.2. The van der Waals surface area contributed by atoms with Crippen LogP contribution < -0.4 is 0 Å². The first-order valence-corrected chi connectivity index (χ1v) is 8.14. The van der Waals surface area contributed by atoms with Crippen molar-refractivity contribution in [3.8, 4) is 6.07 Å². The maximum atomic E-state index is 12.5. The molecule has 2 aromatic rings. The van der Waals surface area contributed by atoms with Gasteiger partial charge in [-0.1, -0.05) is 12.1 Å². The molecule has 2 amide bonds. The zero-order valence-electron chi connectivity index (χ0n) is 13.8. The number of hydrogen-bond donors (Lipinski definition) is 0. The Morgan fingerprint density at radius 2 is 1.64 bits per heavy atom. The molecule has 1 aliphatic rings. The van der Waals surface area contributed by atoms with E-state index in [0.29, 0.717) is 30.6 Å². The third kappa shape index (κ3) is 3.73. The number of imide groups is 1. The highest BCUT2D eigenvalue weighted by Gasteiger charge is 2.35. The van der Waals surface area contributed by atoms with Gasteiger partial charge in [-0.25, -0.2) is 0 Å². The van der Waals surface area contributed by atoms with Gasteiger partial charge in [0.2, 0.25) is 0 Å². The second-order valence-electron chi connectivity index (χ2n) is 5.86. The number of nitriles is 1. The number of hydrogen-bond acceptors (Lipinski definition) is 5. The zero-order valence-corrected chi connectivity index (χ0v) is 13.8. The van der Waals surface area contributed by atoms with Crippen molar-refractivity contribution in [2.45, 2.75) is 12.8 Å². The van der Waals surface area contributed by atoms with Crippen molar-refractivity contribution in [2.24, 2.45) is 0 Å². The van der Waals surface area contributed by atoms with Gasteiger partial charge >= 0.3 is 0 Å². The Kier molecular flexibility index (Phi) is 5.17. The van der Waals surface area contributed by atoms with Crippen LogP contribution in [-0.2, 0) is 6.42 Å². The summed E-state index contributed by atoms with van der Waals surface area (Å²) in [6.45, 7) is 1.35. The molecule has 2 heterocycles. The van der Waals surface area contributed by atoms with Gasteiger partial charge in [-0.2, -0.15) is 5.26 Å². The summed E-state index contributed by atoms with van der Waals surface area (Å²) in [5.74, 6) is -0.544. The van der Waals surface area contributed by atoms with Crippen LogP contribution in [0.25, 0.3) is 0 Å². The first-order chi connectivity index (χ1) is 12.2. The van der Waals surface area contributed by atoms with Crippen LogP contribution in [0.1, 0.15) is 32.7 Å². The van der Waals surface area contributed by atoms with E-state index in [0.717, 1.165) is 12.0 Å². The molecule has 6 nitrogen and oxygen atoms in total. The highest BCUT2D eigenvalue weighted by molar-refractivity contribution is 6.21. The lowest BCUT2D eigenvalue weighted by Gasteiger charge is -2.26. The molecule has 0 radical (unpaired) electrons. The van der Waals surface area contributed by atoms with Gasteiger partial charge in [0.25, 0.3) is 11.8 Å². The van der Waals surface area contributed by atoms with Gasteiger partial charge in [-0.05, 0) is 36.2 Å². The number of aromatic nitrogens is 1. The summed E-state index contributed by atoms with van der Waals surface area (Å²) in [7, 11) is 0. The van der Waals surface area contributed by atoms with Gasteiger partial charge in [-0.15, -0.1) is 0 Å². The molecule has 0 fully saturated rings. The predicted octanol–water partition coefficient (Wildman–Crippen LogP) is 2.09. The van der Waals surface area contributed by atoms with Crippen LogP contribution >= 0.6 is 0 Å². The van der Waals surface area contributed by atoms with Crippen LogP contribution in [0.3, 0.4) is 0 Å². The minimum absolute atomic E-state index is 0.194. The van der Waals surface area contributed by atoms with Crippen molar-refractivity contribution in [3.63, 3.8) is 0 Å². The van der Waals surface area contributed by atoms with Gasteiger partial charge in [-0.3, -0.25) is 24.4 Å². The van der Waals surface area contributed by atoms with Gasteiger partial charge in [0, 0.05) is 31.9 Å². The normalized spacial score (nSPS) is 13.2. The maximum Gasteiger partial charge on any atom is 0.262 e. The third-order valence-electron chi connectivity index (χ3n) is 4.23. The molecule has 1 aliphatic heterocycles. The van der Waals surface area contributed by atoms with Crippen LogP contribution in [0.4, 0.5) is 0 Å². The van der Waals surface area contributed by atoms with E-state index in [1.807, 2.05) is 17.0 Å². The number of amides is 2. The Labute approximate surface area is 146 Å². The van der Waals surface area contributed by atoms with Gasteiger partial charge in [0.05, 0.1) is 23.9 Å². The minimum Gasteiger partial charge on any atom is -0.284 e. The number of nitrogens with zero attached hydrogens (tertiary/aromatic N) is 4. The van der Waals surface area contributed by atoms with E-state index < -0.39 is 0 Å². The Morgan fingerprint density at radius 1 is 1.00 bits per heavy atom. The third-order valence-corrected chi connectivity index (χ3v) is 4.23. The smallest absolute Gasteiger partial charge is 0.262 e. The highest BCUT2D eigenvalue weighted by Crippen LogP contribution is 2.22. The van der Waals surface area contributed by atoms with Gasteiger partial charge in [0.15, 0.2) is 0 Å². The second-order valence-corrected chi connectivity index (χ2v) is 5.86. The number of rotatable bonds is 7. The molecular formula is C19H18N4O2. The molecule has 0 saturated heterocycles. The number of carbonyl (C=O) groups excluding carboxylic acids is 2. The van der Waals surface area contributed by atoms with E-state index in [1.165, 1.54) is 4.90 Å². The molecule has 0 saturated carbocycles. The molecule has 1 aromatic heterocycles. The van der Waals surface area contributed by atoms with E-state index in [2.05, 4.69) is 11.1 Å². The fourth-order valence-corrected chi connectivity index (χ4v) is 2.87. The monoisotopic (exact) mass is 334 g/mol. The van der Waals surface area contributed by atoms with Crippen LogP contribution in [0.5, 0.6) is 0 Å². The van der Waals surface area contributed by atoms with Crippen molar-refractivity contribution >= 4 is 11.8 Å². The van der Waals surface area contributed by atoms with Crippen LogP contribution in [0, 0.1) is 11.3 Å². The Balaban J connectivity index is 1.69. The first-order valence-electron chi connectivity index (χ1n) is 8.14. The number of benzene rings is 1. The topological polar surface area (TPSA) is 77.3 Å². The van der Waals surface area contributed by atoms with Crippen molar-refractivity contribution in [1.82, 2.24) is 14.8 Å². The van der Waals surface area contributed by atoms with Crippen molar-refractivity contribution in [1.29, 1.82) is 5.26 Å². The fourth-order valence-electron chi connectivity index (χ4n) is 2.87.